The van der Waals surface area contributed by atoms with Gasteiger partial charge in [0.2, 0.25) is 0 Å². The van der Waals surface area contributed by atoms with Gasteiger partial charge in [-0.1, -0.05) is 13.5 Å². The predicted molar refractivity (Wildman–Crippen MR) is 47.0 cm³/mol. The molecule has 0 aromatic heterocycles. The van der Waals surface area contributed by atoms with Gasteiger partial charge in [0.1, 0.15) is 13.2 Å². The third kappa shape index (κ3) is 5.90. The van der Waals surface area contributed by atoms with Crippen LogP contribution in [0.5, 0.6) is 0 Å². The molecule has 0 spiro atoms. The molecule has 0 aromatic carbocycles. The number of esters is 2. The molecule has 0 amide bonds. The van der Waals surface area contributed by atoms with E-state index in [9.17, 15) is 9.59 Å². The summed E-state index contributed by atoms with van der Waals surface area (Å²) in [6.07, 6.45) is 0.328. The van der Waals surface area contributed by atoms with Gasteiger partial charge < -0.3 is 9.47 Å². The van der Waals surface area contributed by atoms with Crippen LogP contribution in [0.4, 0.5) is 0 Å². The molecule has 0 atom stereocenters. The topological polar surface area (TPSA) is 52.6 Å². The molecule has 0 aromatic rings. The smallest absolute Gasteiger partial charge is 0.333 e. The second-order valence-corrected chi connectivity index (χ2v) is 2.49. The zero-order chi connectivity index (χ0) is 10.3. The van der Waals surface area contributed by atoms with Crippen molar-refractivity contribution in [1.29, 1.82) is 0 Å². The van der Waals surface area contributed by atoms with Crippen molar-refractivity contribution in [3.05, 3.63) is 12.2 Å². The van der Waals surface area contributed by atoms with Crippen LogP contribution in [0.3, 0.4) is 0 Å². The van der Waals surface area contributed by atoms with Gasteiger partial charge in [0.15, 0.2) is 0 Å². The lowest BCUT2D eigenvalue weighted by atomic mass is 10.4. The van der Waals surface area contributed by atoms with E-state index < -0.39 is 5.97 Å². The first-order chi connectivity index (χ1) is 6.07. The lowest BCUT2D eigenvalue weighted by Crippen LogP contribution is -2.13. The third-order valence-corrected chi connectivity index (χ3v) is 1.22. The normalized spacial score (nSPS) is 9.08. The van der Waals surface area contributed by atoms with Gasteiger partial charge in [-0.05, 0) is 6.92 Å². The van der Waals surface area contributed by atoms with Gasteiger partial charge in [-0.25, -0.2) is 4.79 Å². The van der Waals surface area contributed by atoms with E-state index in [-0.39, 0.29) is 19.2 Å². The number of hydrogen-bond acceptors (Lipinski definition) is 4. The van der Waals surface area contributed by atoms with Crippen molar-refractivity contribution < 1.29 is 19.1 Å². The minimum Gasteiger partial charge on any atom is -0.462 e. The van der Waals surface area contributed by atoms with Gasteiger partial charge in [0.05, 0.1) is 0 Å². The van der Waals surface area contributed by atoms with Crippen LogP contribution in [0.25, 0.3) is 0 Å². The summed E-state index contributed by atoms with van der Waals surface area (Å²) in [4.78, 5) is 21.4. The fourth-order valence-electron chi connectivity index (χ4n) is 0.515. The zero-order valence-electron chi connectivity index (χ0n) is 7.96. The maximum atomic E-state index is 10.8. The first-order valence-corrected chi connectivity index (χ1v) is 4.06. The van der Waals surface area contributed by atoms with Crippen LogP contribution in [-0.2, 0) is 19.1 Å². The van der Waals surface area contributed by atoms with E-state index in [0.717, 1.165) is 0 Å². The fourth-order valence-corrected chi connectivity index (χ4v) is 0.515. The Morgan fingerprint density at radius 2 is 1.77 bits per heavy atom. The molecule has 13 heavy (non-hydrogen) atoms. The summed E-state index contributed by atoms with van der Waals surface area (Å²) in [5, 5.41) is 0. The molecular formula is C9H14O4. The van der Waals surface area contributed by atoms with Gasteiger partial charge in [-0.15, -0.1) is 0 Å². The van der Waals surface area contributed by atoms with Crippen molar-refractivity contribution in [3.63, 3.8) is 0 Å². The molecule has 0 rings (SSSR count). The summed E-state index contributed by atoms with van der Waals surface area (Å²) in [5.74, 6) is -0.765. The maximum Gasteiger partial charge on any atom is 0.333 e. The summed E-state index contributed by atoms with van der Waals surface area (Å²) in [6, 6.07) is 0. The Morgan fingerprint density at radius 3 is 2.23 bits per heavy atom. The van der Waals surface area contributed by atoms with E-state index in [0.29, 0.717) is 12.0 Å². The monoisotopic (exact) mass is 186 g/mol. The fraction of sp³-hybridized carbons (Fsp3) is 0.556. The Bertz CT molecular complexity index is 208. The van der Waals surface area contributed by atoms with E-state index in [4.69, 9.17) is 0 Å². The lowest BCUT2D eigenvalue weighted by molar-refractivity contribution is -0.149. The van der Waals surface area contributed by atoms with Crippen molar-refractivity contribution in [1.82, 2.24) is 0 Å². The van der Waals surface area contributed by atoms with Crippen LogP contribution in [0, 0.1) is 0 Å². The average Bonchev–Trinajstić information content (AvgIpc) is 2.11. The van der Waals surface area contributed by atoms with E-state index in [1.165, 1.54) is 0 Å². The van der Waals surface area contributed by atoms with Crippen LogP contribution in [0.2, 0.25) is 0 Å². The predicted octanol–water partition coefficient (Wildman–Crippen LogP) is 1.06. The number of carbonyl (C=O) groups excluding carboxylic acids is 2. The average molecular weight is 186 g/mol. The van der Waals surface area contributed by atoms with E-state index in [1.807, 2.05) is 0 Å². The summed E-state index contributed by atoms with van der Waals surface area (Å²) >= 11 is 0. The lowest BCUT2D eigenvalue weighted by Gasteiger charge is -2.04. The first kappa shape index (κ1) is 11.7. The van der Waals surface area contributed by atoms with Crippen LogP contribution in [-0.4, -0.2) is 25.2 Å². The molecule has 0 radical (unpaired) electrons. The Labute approximate surface area is 77.5 Å². The Balaban J connectivity index is 3.41. The molecular weight excluding hydrogens is 172 g/mol. The first-order valence-electron chi connectivity index (χ1n) is 4.06. The third-order valence-electron chi connectivity index (χ3n) is 1.22. The molecule has 0 unspecified atom stereocenters. The maximum absolute atomic E-state index is 10.8. The summed E-state index contributed by atoms with van der Waals surface area (Å²) < 4.78 is 9.36. The highest BCUT2D eigenvalue weighted by Gasteiger charge is 2.03. The van der Waals surface area contributed by atoms with Crippen molar-refractivity contribution in [3.8, 4) is 0 Å². The second kappa shape index (κ2) is 6.22. The molecule has 4 heteroatoms. The van der Waals surface area contributed by atoms with Crippen molar-refractivity contribution in [2.75, 3.05) is 13.2 Å². The molecule has 0 aliphatic rings. The molecule has 74 valence electrons. The quantitative estimate of drug-likeness (QED) is 0.366. The summed E-state index contributed by atoms with van der Waals surface area (Å²) in [5.41, 5.74) is 0.335. The molecule has 0 fully saturated rings. The van der Waals surface area contributed by atoms with Gasteiger partial charge in [0.25, 0.3) is 0 Å². The molecule has 0 saturated heterocycles. The summed E-state index contributed by atoms with van der Waals surface area (Å²) in [7, 11) is 0. The Kier molecular flexibility index (Phi) is 5.59. The van der Waals surface area contributed by atoms with Crippen molar-refractivity contribution in [2.24, 2.45) is 0 Å². The number of carbonyl (C=O) groups is 2. The van der Waals surface area contributed by atoms with Gasteiger partial charge in [-0.2, -0.15) is 0 Å². The molecule has 4 nitrogen and oxygen atoms in total. The van der Waals surface area contributed by atoms with Crippen LogP contribution >= 0.6 is 0 Å². The minimum absolute atomic E-state index is 0.0808. The summed E-state index contributed by atoms with van der Waals surface area (Å²) in [6.45, 7) is 6.84. The van der Waals surface area contributed by atoms with Crippen molar-refractivity contribution in [2.45, 2.75) is 20.3 Å². The standard InChI is InChI=1S/C9H14O4/c1-4-8(10)12-5-6-13-9(11)7(2)3/h2,4-6H2,1,3H3. The van der Waals surface area contributed by atoms with Crippen LogP contribution in [0.1, 0.15) is 20.3 Å². The molecule has 0 bridgehead atoms. The highest BCUT2D eigenvalue weighted by Crippen LogP contribution is 1.92. The molecule has 0 heterocycles. The van der Waals surface area contributed by atoms with E-state index in [2.05, 4.69) is 16.1 Å². The van der Waals surface area contributed by atoms with Gasteiger partial charge in [0, 0.05) is 12.0 Å². The molecule has 0 aliphatic carbocycles. The Hall–Kier alpha value is -1.32. The van der Waals surface area contributed by atoms with Crippen molar-refractivity contribution >= 4 is 11.9 Å². The van der Waals surface area contributed by atoms with E-state index in [1.54, 1.807) is 13.8 Å². The highest BCUT2D eigenvalue weighted by atomic mass is 16.6. The van der Waals surface area contributed by atoms with Gasteiger partial charge in [-0.3, -0.25) is 4.79 Å². The number of hydrogen-bond donors (Lipinski definition) is 0. The van der Waals surface area contributed by atoms with E-state index >= 15 is 0 Å². The number of rotatable bonds is 5. The number of ether oxygens (including phenoxy) is 2. The molecule has 0 aliphatic heterocycles. The Morgan fingerprint density at radius 1 is 1.23 bits per heavy atom. The van der Waals surface area contributed by atoms with Crippen LogP contribution in [0.15, 0.2) is 12.2 Å². The SMILES string of the molecule is C=C(C)C(=O)OCCOC(=O)CC. The highest BCUT2D eigenvalue weighted by molar-refractivity contribution is 5.86. The second-order valence-electron chi connectivity index (χ2n) is 2.49. The van der Waals surface area contributed by atoms with Crippen LogP contribution < -0.4 is 0 Å². The minimum atomic E-state index is -0.465. The largest absolute Gasteiger partial charge is 0.462 e. The van der Waals surface area contributed by atoms with Gasteiger partial charge >= 0.3 is 11.9 Å². The zero-order valence-corrected chi connectivity index (χ0v) is 7.96. The molecule has 0 saturated carbocycles. The molecule has 0 N–H and O–H groups in total.